The summed E-state index contributed by atoms with van der Waals surface area (Å²) in [4.78, 5) is 15.8. The summed E-state index contributed by atoms with van der Waals surface area (Å²) in [6.07, 6.45) is 3.24. The Labute approximate surface area is 78.4 Å². The van der Waals surface area contributed by atoms with Crippen LogP contribution in [0.4, 0.5) is 5.69 Å². The van der Waals surface area contributed by atoms with Gasteiger partial charge in [-0.05, 0) is 18.2 Å². The van der Waals surface area contributed by atoms with E-state index in [1.807, 2.05) is 0 Å². The highest BCUT2D eigenvalue weighted by atomic mass is 16.3. The van der Waals surface area contributed by atoms with Crippen molar-refractivity contribution >= 4 is 23.5 Å². The third-order valence-electron chi connectivity index (χ3n) is 2.34. The van der Waals surface area contributed by atoms with Crippen LogP contribution in [-0.4, -0.2) is 15.7 Å². The number of aliphatic imine (C=N–C) groups is 1. The fourth-order valence-electron chi connectivity index (χ4n) is 1.68. The van der Waals surface area contributed by atoms with Crippen LogP contribution in [0.5, 0.6) is 5.88 Å². The normalized spacial score (nSPS) is 13.1. The number of nitrogens with zero attached hydrogens (tertiary/aromatic N) is 2. The molecule has 2 aromatic heterocycles. The molecule has 0 aromatic carbocycles. The first kappa shape index (κ1) is 7.32. The molecule has 1 aliphatic heterocycles. The molecule has 0 unspecified atom stereocenters. The largest absolute Gasteiger partial charge is 0.494 e. The number of fused-ring (bicyclic) bond motifs is 2. The van der Waals surface area contributed by atoms with Crippen LogP contribution in [0.2, 0.25) is 0 Å². The maximum absolute atomic E-state index is 11.8. The van der Waals surface area contributed by atoms with Crippen molar-refractivity contribution in [2.24, 2.45) is 4.99 Å². The van der Waals surface area contributed by atoms with E-state index >= 15 is 0 Å². The van der Waals surface area contributed by atoms with Crippen LogP contribution in [0.15, 0.2) is 28.0 Å². The minimum atomic E-state index is -0.225. The molecule has 14 heavy (non-hydrogen) atoms. The van der Waals surface area contributed by atoms with Crippen LogP contribution < -0.4 is 10.8 Å². The molecule has 0 atom stereocenters. The monoisotopic (exact) mass is 186 g/mol. The molecule has 4 nitrogen and oxygen atoms in total. The molecule has 0 saturated carbocycles. The number of hydrogen-bond acceptors (Lipinski definition) is 3. The van der Waals surface area contributed by atoms with Gasteiger partial charge in [-0.25, -0.2) is 4.40 Å². The zero-order valence-corrected chi connectivity index (χ0v) is 7.14. The maximum Gasteiger partial charge on any atom is 0.267 e. The van der Waals surface area contributed by atoms with Crippen LogP contribution in [0.3, 0.4) is 0 Å². The minimum absolute atomic E-state index is 0.0342. The van der Waals surface area contributed by atoms with Crippen molar-refractivity contribution in [1.82, 2.24) is 4.40 Å². The van der Waals surface area contributed by atoms with Crippen molar-refractivity contribution in [3.63, 3.8) is 0 Å². The van der Waals surface area contributed by atoms with E-state index in [0.717, 1.165) is 0 Å². The Kier molecular flexibility index (Phi) is 1.16. The number of pyridine rings is 1. The van der Waals surface area contributed by atoms with Crippen LogP contribution in [-0.2, 0) is 0 Å². The van der Waals surface area contributed by atoms with Crippen molar-refractivity contribution in [2.75, 3.05) is 0 Å². The summed E-state index contributed by atoms with van der Waals surface area (Å²) in [5, 5.41) is 9.96. The lowest BCUT2D eigenvalue weighted by Crippen LogP contribution is -2.29. The molecule has 0 saturated heterocycles. The van der Waals surface area contributed by atoms with Gasteiger partial charge in [0.1, 0.15) is 0 Å². The van der Waals surface area contributed by atoms with Crippen LogP contribution in [0.25, 0.3) is 11.6 Å². The Morgan fingerprint density at radius 1 is 1.36 bits per heavy atom. The van der Waals surface area contributed by atoms with Crippen molar-refractivity contribution < 1.29 is 5.11 Å². The van der Waals surface area contributed by atoms with Gasteiger partial charge in [0.05, 0.1) is 16.4 Å². The quantitative estimate of drug-likeness (QED) is 0.639. The topological polar surface area (TPSA) is 54.1 Å². The van der Waals surface area contributed by atoms with Crippen molar-refractivity contribution in [3.8, 4) is 5.88 Å². The van der Waals surface area contributed by atoms with Gasteiger partial charge < -0.3 is 5.11 Å². The molecule has 0 fully saturated rings. The average molecular weight is 186 g/mol. The highest BCUT2D eigenvalue weighted by Gasteiger charge is 2.09. The van der Waals surface area contributed by atoms with Gasteiger partial charge in [0, 0.05) is 12.3 Å². The molecule has 1 aliphatic rings. The Morgan fingerprint density at radius 3 is 3.07 bits per heavy atom. The Morgan fingerprint density at radius 2 is 2.21 bits per heavy atom. The fraction of sp³-hybridized carbons (Fsp3) is 0. The lowest BCUT2D eigenvalue weighted by Gasteiger charge is -1.96. The van der Waals surface area contributed by atoms with E-state index < -0.39 is 0 Å². The SMILES string of the molecule is O=c1c2c(cc3ccc(O)n13)N=CC=2. The third-order valence-corrected chi connectivity index (χ3v) is 2.34. The molecule has 0 radical (unpaired) electrons. The zero-order chi connectivity index (χ0) is 9.71. The predicted octanol–water partition coefficient (Wildman–Crippen LogP) is 0.220. The summed E-state index contributed by atoms with van der Waals surface area (Å²) >= 11 is 0. The molecule has 68 valence electrons. The molecule has 0 aliphatic carbocycles. The summed E-state index contributed by atoms with van der Waals surface area (Å²) in [5.41, 5.74) is 1.11. The van der Waals surface area contributed by atoms with E-state index in [1.165, 1.54) is 10.5 Å². The Hall–Kier alpha value is -2.10. The van der Waals surface area contributed by atoms with Crippen LogP contribution in [0, 0.1) is 0 Å². The first-order valence-corrected chi connectivity index (χ1v) is 4.19. The molecule has 3 rings (SSSR count). The lowest BCUT2D eigenvalue weighted by molar-refractivity contribution is 0.447. The fourth-order valence-corrected chi connectivity index (χ4v) is 1.68. The lowest BCUT2D eigenvalue weighted by atomic mass is 10.3. The van der Waals surface area contributed by atoms with E-state index in [1.54, 1.807) is 24.4 Å². The van der Waals surface area contributed by atoms with E-state index in [-0.39, 0.29) is 11.4 Å². The molecule has 0 spiro atoms. The second-order valence-electron chi connectivity index (χ2n) is 3.15. The molecule has 3 heterocycles. The Balaban J connectivity index is 2.68. The second-order valence-corrected chi connectivity index (χ2v) is 3.15. The predicted molar refractivity (Wildman–Crippen MR) is 53.2 cm³/mol. The summed E-state index contributed by atoms with van der Waals surface area (Å²) in [5.74, 6) is -0.0342. The highest BCUT2D eigenvalue weighted by molar-refractivity contribution is 5.97. The standard InChI is InChI=1S/C10H6N2O2/c13-9-2-1-6-5-8-7(3-4-11-8)10(14)12(6)9/h1-5,13H. The molecule has 2 aromatic rings. The van der Waals surface area contributed by atoms with Gasteiger partial charge >= 0.3 is 0 Å². The van der Waals surface area contributed by atoms with Crippen LogP contribution >= 0.6 is 0 Å². The summed E-state index contributed by atoms with van der Waals surface area (Å²) in [6, 6.07) is 4.96. The Bertz CT molecular complexity index is 667. The van der Waals surface area contributed by atoms with Crippen molar-refractivity contribution in [2.45, 2.75) is 0 Å². The van der Waals surface area contributed by atoms with Gasteiger partial charge in [-0.2, -0.15) is 0 Å². The van der Waals surface area contributed by atoms with Gasteiger partial charge in [-0.1, -0.05) is 0 Å². The number of aromatic hydroxyl groups is 1. The molecular formula is C10H6N2O2. The second kappa shape index (κ2) is 2.23. The first-order chi connectivity index (χ1) is 6.77. The molecule has 0 amide bonds. The number of rotatable bonds is 0. The van der Waals surface area contributed by atoms with Crippen LogP contribution in [0.1, 0.15) is 0 Å². The van der Waals surface area contributed by atoms with Crippen molar-refractivity contribution in [1.29, 1.82) is 0 Å². The van der Waals surface area contributed by atoms with Gasteiger partial charge in [0.25, 0.3) is 5.56 Å². The van der Waals surface area contributed by atoms with E-state index in [2.05, 4.69) is 4.99 Å². The summed E-state index contributed by atoms with van der Waals surface area (Å²) in [6.45, 7) is 0. The van der Waals surface area contributed by atoms with Gasteiger partial charge in [0.15, 0.2) is 5.88 Å². The zero-order valence-electron chi connectivity index (χ0n) is 7.14. The smallest absolute Gasteiger partial charge is 0.267 e. The highest BCUT2D eigenvalue weighted by Crippen LogP contribution is 2.16. The van der Waals surface area contributed by atoms with E-state index in [0.29, 0.717) is 16.4 Å². The van der Waals surface area contributed by atoms with Crippen molar-refractivity contribution in [3.05, 3.63) is 33.8 Å². The van der Waals surface area contributed by atoms with E-state index in [4.69, 9.17) is 0 Å². The molecule has 0 bridgehead atoms. The first-order valence-electron chi connectivity index (χ1n) is 4.19. The number of aromatic nitrogens is 1. The summed E-state index contributed by atoms with van der Waals surface area (Å²) in [7, 11) is 0. The van der Waals surface area contributed by atoms with Gasteiger partial charge in [0.2, 0.25) is 0 Å². The third kappa shape index (κ3) is 0.724. The number of hydrogen-bond donors (Lipinski definition) is 1. The minimum Gasteiger partial charge on any atom is -0.494 e. The maximum atomic E-state index is 11.8. The van der Waals surface area contributed by atoms with Gasteiger partial charge in [-0.3, -0.25) is 9.79 Å². The van der Waals surface area contributed by atoms with Gasteiger partial charge in [-0.15, -0.1) is 0 Å². The average Bonchev–Trinajstić information content (AvgIpc) is 2.74. The van der Waals surface area contributed by atoms with E-state index in [9.17, 15) is 9.90 Å². The summed E-state index contributed by atoms with van der Waals surface area (Å²) < 4.78 is 1.27. The molecule has 1 N–H and O–H groups in total. The molecule has 4 heteroatoms. The molecular weight excluding hydrogens is 180 g/mol.